The van der Waals surface area contributed by atoms with Crippen LogP contribution in [0.2, 0.25) is 5.02 Å². The zero-order chi connectivity index (χ0) is 17.7. The summed E-state index contributed by atoms with van der Waals surface area (Å²) >= 11 is 5.81. The minimum absolute atomic E-state index is 0.0929. The number of hydrogen-bond acceptors (Lipinski definition) is 4. The lowest BCUT2D eigenvalue weighted by Crippen LogP contribution is -2.34. The second-order valence-electron chi connectivity index (χ2n) is 5.43. The Labute approximate surface area is 144 Å². The molecule has 0 heterocycles. The Balaban J connectivity index is 2.07. The van der Waals surface area contributed by atoms with E-state index < -0.39 is 22.6 Å². The molecule has 0 radical (unpaired) electrons. The van der Waals surface area contributed by atoms with Crippen LogP contribution in [0, 0.1) is 10.1 Å². The number of carbonyl (C=O) groups excluding carboxylic acids is 1. The Morgan fingerprint density at radius 2 is 1.92 bits per heavy atom. The van der Waals surface area contributed by atoms with E-state index in [1.165, 1.54) is 18.2 Å². The molecule has 0 spiro atoms. The number of aliphatic hydroxyl groups excluding tert-OH is 1. The highest BCUT2D eigenvalue weighted by Crippen LogP contribution is 2.28. The zero-order valence-corrected chi connectivity index (χ0v) is 13.7. The molecule has 126 valence electrons. The van der Waals surface area contributed by atoms with Crippen LogP contribution in [0.4, 0.5) is 5.69 Å². The van der Waals surface area contributed by atoms with Crippen LogP contribution in [0.25, 0.3) is 0 Å². The van der Waals surface area contributed by atoms with Gasteiger partial charge in [-0.25, -0.2) is 0 Å². The molecule has 0 saturated heterocycles. The van der Waals surface area contributed by atoms with Crippen LogP contribution in [0.1, 0.15) is 35.4 Å². The summed E-state index contributed by atoms with van der Waals surface area (Å²) in [6.45, 7) is 1.72. The smallest absolute Gasteiger partial charge is 0.300 e. The first-order valence-corrected chi connectivity index (χ1v) is 7.74. The average molecular weight is 349 g/mol. The summed E-state index contributed by atoms with van der Waals surface area (Å²) in [5.74, 6) is -0.600. The first kappa shape index (κ1) is 17.9. The monoisotopic (exact) mass is 348 g/mol. The van der Waals surface area contributed by atoms with E-state index in [1.54, 1.807) is 19.1 Å². The van der Waals surface area contributed by atoms with Gasteiger partial charge in [-0.05, 0) is 31.0 Å². The van der Waals surface area contributed by atoms with Crippen molar-refractivity contribution >= 4 is 23.2 Å². The Morgan fingerprint density at radius 1 is 1.25 bits per heavy atom. The number of halogens is 1. The summed E-state index contributed by atoms with van der Waals surface area (Å²) in [5.41, 5.74) is 0.216. The van der Waals surface area contributed by atoms with Crippen LogP contribution in [0.3, 0.4) is 0 Å². The molecule has 0 aliphatic heterocycles. The van der Waals surface area contributed by atoms with E-state index in [0.717, 1.165) is 5.56 Å². The van der Waals surface area contributed by atoms with Gasteiger partial charge in [0.15, 0.2) is 0 Å². The maximum absolute atomic E-state index is 12.3. The van der Waals surface area contributed by atoms with Crippen molar-refractivity contribution in [1.82, 2.24) is 5.32 Å². The Bertz CT molecular complexity index is 737. The van der Waals surface area contributed by atoms with E-state index in [4.69, 9.17) is 11.6 Å². The first-order valence-electron chi connectivity index (χ1n) is 7.37. The van der Waals surface area contributed by atoms with Crippen molar-refractivity contribution in [2.24, 2.45) is 0 Å². The number of benzene rings is 2. The summed E-state index contributed by atoms with van der Waals surface area (Å²) in [6, 6.07) is 12.9. The molecule has 1 amide bonds. The summed E-state index contributed by atoms with van der Waals surface area (Å²) in [5, 5.41) is 23.8. The number of aliphatic hydroxyl groups is 1. The molecule has 0 saturated carbocycles. The highest BCUT2D eigenvalue weighted by Gasteiger charge is 2.25. The fourth-order valence-electron chi connectivity index (χ4n) is 2.39. The third-order valence-electron chi connectivity index (χ3n) is 3.55. The maximum atomic E-state index is 12.3. The van der Waals surface area contributed by atoms with Gasteiger partial charge in [0.25, 0.3) is 5.91 Å². The third-order valence-corrected chi connectivity index (χ3v) is 3.86. The molecule has 0 aliphatic carbocycles. The minimum atomic E-state index is -0.740. The largest absolute Gasteiger partial charge is 0.388 e. The lowest BCUT2D eigenvalue weighted by atomic mass is 10.0. The molecule has 2 atom stereocenters. The van der Waals surface area contributed by atoms with Gasteiger partial charge in [0.1, 0.15) is 10.6 Å². The van der Waals surface area contributed by atoms with Gasteiger partial charge in [0.2, 0.25) is 0 Å². The molecule has 2 aromatic carbocycles. The van der Waals surface area contributed by atoms with Gasteiger partial charge in [0.05, 0.1) is 11.0 Å². The van der Waals surface area contributed by atoms with Gasteiger partial charge in [-0.2, -0.15) is 0 Å². The third kappa shape index (κ3) is 4.31. The van der Waals surface area contributed by atoms with Crippen molar-refractivity contribution in [3.8, 4) is 0 Å². The summed E-state index contributed by atoms with van der Waals surface area (Å²) in [6.07, 6.45) is -0.458. The number of rotatable bonds is 6. The van der Waals surface area contributed by atoms with Gasteiger partial charge in [-0.3, -0.25) is 14.9 Å². The van der Waals surface area contributed by atoms with Crippen LogP contribution < -0.4 is 5.32 Å². The highest BCUT2D eigenvalue weighted by molar-refractivity contribution is 6.33. The number of carbonyl (C=O) groups is 1. The number of nitro benzene ring substituents is 1. The van der Waals surface area contributed by atoms with Crippen molar-refractivity contribution in [3.63, 3.8) is 0 Å². The number of para-hydroxylation sites is 1. The first-order chi connectivity index (χ1) is 11.4. The van der Waals surface area contributed by atoms with Crippen molar-refractivity contribution in [3.05, 3.63) is 74.8 Å². The quantitative estimate of drug-likeness (QED) is 0.617. The van der Waals surface area contributed by atoms with Crippen molar-refractivity contribution < 1.29 is 14.8 Å². The zero-order valence-electron chi connectivity index (χ0n) is 13.0. The van der Waals surface area contributed by atoms with Crippen LogP contribution >= 0.6 is 11.6 Å². The van der Waals surface area contributed by atoms with E-state index in [2.05, 4.69) is 5.32 Å². The predicted molar refractivity (Wildman–Crippen MR) is 91.1 cm³/mol. The standard InChI is InChI=1S/C17H17ClN2O4/c1-11(10-15(21)12-6-3-2-4-7-12)19-17(22)13-8-5-9-14(18)16(13)20(23)24/h2-9,11,15,21H,10H2,1H3,(H,19,22)/t11-,15-/m1/s1. The number of nitro groups is 1. The van der Waals surface area contributed by atoms with Crippen LogP contribution in [-0.2, 0) is 0 Å². The minimum Gasteiger partial charge on any atom is -0.388 e. The molecule has 24 heavy (non-hydrogen) atoms. The SMILES string of the molecule is C[C@H](C[C@@H](O)c1ccccc1)NC(=O)c1cccc(Cl)c1[N+](=O)[O-]. The number of amides is 1. The van der Waals surface area contributed by atoms with Crippen LogP contribution in [0.15, 0.2) is 48.5 Å². The number of hydrogen-bond donors (Lipinski definition) is 2. The normalized spacial score (nSPS) is 13.1. The number of nitrogens with zero attached hydrogens (tertiary/aromatic N) is 1. The fraction of sp³-hybridized carbons (Fsp3) is 0.235. The molecule has 0 aromatic heterocycles. The molecule has 2 rings (SSSR count). The molecule has 6 nitrogen and oxygen atoms in total. The highest BCUT2D eigenvalue weighted by atomic mass is 35.5. The summed E-state index contributed by atoms with van der Waals surface area (Å²) in [4.78, 5) is 22.7. The molecule has 2 aromatic rings. The second kappa shape index (κ2) is 7.90. The van der Waals surface area contributed by atoms with Crippen molar-refractivity contribution in [2.45, 2.75) is 25.5 Å². The average Bonchev–Trinajstić information content (AvgIpc) is 2.54. The number of nitrogens with one attached hydrogen (secondary N) is 1. The summed E-state index contributed by atoms with van der Waals surface area (Å²) < 4.78 is 0. The van der Waals surface area contributed by atoms with Gasteiger partial charge in [-0.1, -0.05) is 48.0 Å². The van der Waals surface area contributed by atoms with Crippen molar-refractivity contribution in [2.75, 3.05) is 0 Å². The lowest BCUT2D eigenvalue weighted by Gasteiger charge is -2.18. The summed E-state index contributed by atoms with van der Waals surface area (Å²) in [7, 11) is 0. The predicted octanol–water partition coefficient (Wildman–Crippen LogP) is 3.49. The van der Waals surface area contributed by atoms with Gasteiger partial charge < -0.3 is 10.4 Å². The second-order valence-corrected chi connectivity index (χ2v) is 5.84. The Kier molecular flexibility index (Phi) is 5.89. The van der Waals surface area contributed by atoms with E-state index in [0.29, 0.717) is 0 Å². The lowest BCUT2D eigenvalue weighted by molar-refractivity contribution is -0.385. The van der Waals surface area contributed by atoms with Gasteiger partial charge in [-0.15, -0.1) is 0 Å². The van der Waals surface area contributed by atoms with Crippen molar-refractivity contribution in [1.29, 1.82) is 0 Å². The van der Waals surface area contributed by atoms with Crippen LogP contribution in [-0.4, -0.2) is 22.0 Å². The van der Waals surface area contributed by atoms with Crippen LogP contribution in [0.5, 0.6) is 0 Å². The van der Waals surface area contributed by atoms with Gasteiger partial charge >= 0.3 is 5.69 Å². The Morgan fingerprint density at radius 3 is 2.54 bits per heavy atom. The van der Waals surface area contributed by atoms with Gasteiger partial charge in [0, 0.05) is 6.04 Å². The molecule has 2 N–H and O–H groups in total. The molecule has 0 unspecified atom stereocenters. The fourth-order valence-corrected chi connectivity index (χ4v) is 2.63. The molecular formula is C17H17ClN2O4. The maximum Gasteiger partial charge on any atom is 0.300 e. The Hall–Kier alpha value is -2.44. The van der Waals surface area contributed by atoms with E-state index in [1.807, 2.05) is 18.2 Å². The van der Waals surface area contributed by atoms with E-state index >= 15 is 0 Å². The molecule has 0 bridgehead atoms. The topological polar surface area (TPSA) is 92.5 Å². The molecular weight excluding hydrogens is 332 g/mol. The van der Waals surface area contributed by atoms with E-state index in [9.17, 15) is 20.0 Å². The van der Waals surface area contributed by atoms with E-state index in [-0.39, 0.29) is 23.0 Å². The molecule has 7 heteroatoms. The molecule has 0 fully saturated rings. The molecule has 0 aliphatic rings.